The number of hydrogen-bond donors (Lipinski definition) is 1. The summed E-state index contributed by atoms with van der Waals surface area (Å²) in [5, 5.41) is 0. The lowest BCUT2D eigenvalue weighted by Gasteiger charge is -2.25. The maximum atomic E-state index is 13.6. The summed E-state index contributed by atoms with van der Waals surface area (Å²) in [6.07, 6.45) is -0.343. The SMILES string of the molecule is CC(C)(N)CC(F)(F)c1ccccc1. The van der Waals surface area contributed by atoms with E-state index in [-0.39, 0.29) is 12.0 Å². The molecule has 0 aliphatic heterocycles. The third-order valence-corrected chi connectivity index (χ3v) is 1.87. The van der Waals surface area contributed by atoms with Gasteiger partial charge >= 0.3 is 0 Å². The lowest BCUT2D eigenvalue weighted by Crippen LogP contribution is -2.37. The predicted molar refractivity (Wildman–Crippen MR) is 53.2 cm³/mol. The van der Waals surface area contributed by atoms with Crippen molar-refractivity contribution in [3.8, 4) is 0 Å². The zero-order valence-electron chi connectivity index (χ0n) is 8.43. The molecule has 14 heavy (non-hydrogen) atoms. The molecule has 2 N–H and O–H groups in total. The smallest absolute Gasteiger partial charge is 0.274 e. The van der Waals surface area contributed by atoms with Crippen molar-refractivity contribution in [3.05, 3.63) is 35.9 Å². The first-order valence-electron chi connectivity index (χ1n) is 4.53. The van der Waals surface area contributed by atoms with E-state index in [1.54, 1.807) is 32.0 Å². The first-order chi connectivity index (χ1) is 6.31. The molecule has 78 valence electrons. The zero-order chi connectivity index (χ0) is 10.8. The molecule has 0 amide bonds. The third-order valence-electron chi connectivity index (χ3n) is 1.87. The summed E-state index contributed by atoms with van der Waals surface area (Å²) >= 11 is 0. The molecule has 0 heterocycles. The van der Waals surface area contributed by atoms with Gasteiger partial charge in [-0.05, 0) is 13.8 Å². The Morgan fingerprint density at radius 1 is 1.14 bits per heavy atom. The summed E-state index contributed by atoms with van der Waals surface area (Å²) < 4.78 is 27.1. The van der Waals surface area contributed by atoms with E-state index in [9.17, 15) is 8.78 Å². The number of alkyl halides is 2. The van der Waals surface area contributed by atoms with Crippen LogP contribution in [0.5, 0.6) is 0 Å². The fourth-order valence-corrected chi connectivity index (χ4v) is 1.36. The Bertz CT molecular complexity index is 288. The minimum atomic E-state index is -2.85. The molecule has 0 aliphatic rings. The molecule has 3 heteroatoms. The van der Waals surface area contributed by atoms with Gasteiger partial charge < -0.3 is 5.73 Å². The van der Waals surface area contributed by atoms with Crippen LogP contribution in [-0.2, 0) is 5.92 Å². The van der Waals surface area contributed by atoms with Gasteiger partial charge in [-0.15, -0.1) is 0 Å². The van der Waals surface area contributed by atoms with E-state index in [0.29, 0.717) is 0 Å². The van der Waals surface area contributed by atoms with Crippen LogP contribution in [0.1, 0.15) is 25.8 Å². The van der Waals surface area contributed by atoms with Crippen LogP contribution in [0.4, 0.5) is 8.78 Å². The number of halogens is 2. The van der Waals surface area contributed by atoms with Crippen LogP contribution in [0, 0.1) is 0 Å². The Kier molecular flexibility index (Phi) is 2.90. The van der Waals surface area contributed by atoms with Crippen molar-refractivity contribution in [3.63, 3.8) is 0 Å². The normalized spacial score (nSPS) is 12.9. The van der Waals surface area contributed by atoms with Crippen molar-refractivity contribution in [2.45, 2.75) is 31.7 Å². The van der Waals surface area contributed by atoms with Crippen LogP contribution in [0.15, 0.2) is 30.3 Å². The van der Waals surface area contributed by atoms with E-state index < -0.39 is 11.5 Å². The number of benzene rings is 1. The molecule has 1 aromatic carbocycles. The quantitative estimate of drug-likeness (QED) is 0.795. The highest BCUT2D eigenvalue weighted by Gasteiger charge is 2.36. The van der Waals surface area contributed by atoms with Crippen molar-refractivity contribution >= 4 is 0 Å². The highest BCUT2D eigenvalue weighted by atomic mass is 19.3. The summed E-state index contributed by atoms with van der Waals surface area (Å²) in [4.78, 5) is 0. The standard InChI is InChI=1S/C11H15F2N/c1-10(2,14)8-11(12,13)9-6-4-3-5-7-9/h3-7H,8,14H2,1-2H3. The predicted octanol–water partition coefficient (Wildman–Crippen LogP) is 2.91. The molecule has 0 bridgehead atoms. The first-order valence-corrected chi connectivity index (χ1v) is 4.53. The molecule has 0 radical (unpaired) electrons. The van der Waals surface area contributed by atoms with Gasteiger partial charge in [-0.1, -0.05) is 30.3 Å². The van der Waals surface area contributed by atoms with Gasteiger partial charge in [0, 0.05) is 17.5 Å². The summed E-state index contributed by atoms with van der Waals surface area (Å²) in [6.45, 7) is 3.20. The Morgan fingerprint density at radius 2 is 1.64 bits per heavy atom. The number of hydrogen-bond acceptors (Lipinski definition) is 1. The van der Waals surface area contributed by atoms with Gasteiger partial charge in [-0.25, -0.2) is 8.78 Å². The van der Waals surface area contributed by atoms with Crippen molar-refractivity contribution in [1.82, 2.24) is 0 Å². The summed E-state index contributed by atoms with van der Waals surface area (Å²) in [5.41, 5.74) is 4.74. The topological polar surface area (TPSA) is 26.0 Å². The van der Waals surface area contributed by atoms with Crippen LogP contribution < -0.4 is 5.73 Å². The van der Waals surface area contributed by atoms with Crippen LogP contribution in [0.3, 0.4) is 0 Å². The maximum absolute atomic E-state index is 13.6. The average Bonchev–Trinajstić information content (AvgIpc) is 2.01. The molecular formula is C11H15F2N. The summed E-state index contributed by atoms with van der Waals surface area (Å²) in [5.74, 6) is -2.85. The fourth-order valence-electron chi connectivity index (χ4n) is 1.36. The molecule has 0 saturated carbocycles. The van der Waals surface area contributed by atoms with Crippen molar-refractivity contribution in [1.29, 1.82) is 0 Å². The molecule has 0 atom stereocenters. The Balaban J connectivity index is 2.86. The molecule has 1 aromatic rings. The second-order valence-electron chi connectivity index (χ2n) is 4.24. The van der Waals surface area contributed by atoms with Crippen molar-refractivity contribution in [2.75, 3.05) is 0 Å². The van der Waals surface area contributed by atoms with Gasteiger partial charge in [0.15, 0.2) is 0 Å². The van der Waals surface area contributed by atoms with Crippen LogP contribution in [0.2, 0.25) is 0 Å². The molecule has 0 fully saturated rings. The zero-order valence-corrected chi connectivity index (χ0v) is 8.43. The van der Waals surface area contributed by atoms with Crippen LogP contribution >= 0.6 is 0 Å². The van der Waals surface area contributed by atoms with Gasteiger partial charge in [0.2, 0.25) is 0 Å². The van der Waals surface area contributed by atoms with Gasteiger partial charge in [0.25, 0.3) is 5.92 Å². The number of nitrogens with two attached hydrogens (primary N) is 1. The highest BCUT2D eigenvalue weighted by molar-refractivity contribution is 5.20. The molecule has 0 spiro atoms. The number of rotatable bonds is 3. The lowest BCUT2D eigenvalue weighted by molar-refractivity contribution is -0.0295. The van der Waals surface area contributed by atoms with Crippen LogP contribution in [-0.4, -0.2) is 5.54 Å². The molecular weight excluding hydrogens is 184 g/mol. The largest absolute Gasteiger partial charge is 0.325 e. The van der Waals surface area contributed by atoms with E-state index >= 15 is 0 Å². The van der Waals surface area contributed by atoms with E-state index in [1.807, 2.05) is 0 Å². The fraction of sp³-hybridized carbons (Fsp3) is 0.455. The van der Waals surface area contributed by atoms with Gasteiger partial charge in [0.05, 0.1) is 0 Å². The Labute approximate surface area is 82.9 Å². The van der Waals surface area contributed by atoms with Gasteiger partial charge in [-0.3, -0.25) is 0 Å². The second-order valence-corrected chi connectivity index (χ2v) is 4.24. The van der Waals surface area contributed by atoms with Gasteiger partial charge in [-0.2, -0.15) is 0 Å². The molecule has 0 aliphatic carbocycles. The van der Waals surface area contributed by atoms with E-state index in [4.69, 9.17) is 5.73 Å². The minimum absolute atomic E-state index is 0.0264. The van der Waals surface area contributed by atoms with E-state index in [0.717, 1.165) is 0 Å². The van der Waals surface area contributed by atoms with E-state index in [2.05, 4.69) is 0 Å². The minimum Gasteiger partial charge on any atom is -0.325 e. The Hall–Kier alpha value is -0.960. The molecule has 0 unspecified atom stereocenters. The van der Waals surface area contributed by atoms with E-state index in [1.165, 1.54) is 12.1 Å². The molecule has 1 nitrogen and oxygen atoms in total. The lowest BCUT2D eigenvalue weighted by atomic mass is 9.93. The first kappa shape index (κ1) is 11.1. The van der Waals surface area contributed by atoms with Gasteiger partial charge in [0.1, 0.15) is 0 Å². The summed E-state index contributed by atoms with van der Waals surface area (Å²) in [6, 6.07) is 7.77. The molecule has 0 saturated heterocycles. The third kappa shape index (κ3) is 3.07. The van der Waals surface area contributed by atoms with Crippen molar-refractivity contribution < 1.29 is 8.78 Å². The maximum Gasteiger partial charge on any atom is 0.274 e. The monoisotopic (exact) mass is 199 g/mol. The highest BCUT2D eigenvalue weighted by Crippen LogP contribution is 2.34. The summed E-state index contributed by atoms with van der Waals surface area (Å²) in [7, 11) is 0. The van der Waals surface area contributed by atoms with Crippen LogP contribution in [0.25, 0.3) is 0 Å². The molecule has 0 aromatic heterocycles. The van der Waals surface area contributed by atoms with Crippen molar-refractivity contribution in [2.24, 2.45) is 5.73 Å². The molecule has 1 rings (SSSR count). The second kappa shape index (κ2) is 3.65. The average molecular weight is 199 g/mol. The Morgan fingerprint density at radius 3 is 2.07 bits per heavy atom.